The van der Waals surface area contributed by atoms with Crippen molar-refractivity contribution in [3.05, 3.63) is 17.0 Å². The number of piperidine rings is 1. The molecular formula is C10H14ClN3. The van der Waals surface area contributed by atoms with Crippen LogP contribution in [0, 0.1) is 6.92 Å². The van der Waals surface area contributed by atoms with E-state index in [-0.39, 0.29) is 0 Å². The van der Waals surface area contributed by atoms with Crippen LogP contribution >= 0.6 is 11.6 Å². The van der Waals surface area contributed by atoms with E-state index in [9.17, 15) is 0 Å². The first-order chi connectivity index (χ1) is 6.77. The fraction of sp³-hybridized carbons (Fsp3) is 0.600. The van der Waals surface area contributed by atoms with Gasteiger partial charge < -0.3 is 4.90 Å². The molecule has 4 heteroatoms. The molecular weight excluding hydrogens is 198 g/mol. The van der Waals surface area contributed by atoms with Crippen molar-refractivity contribution in [3.63, 3.8) is 0 Å². The third kappa shape index (κ3) is 1.98. The predicted octanol–water partition coefficient (Wildman–Crippen LogP) is 2.43. The summed E-state index contributed by atoms with van der Waals surface area (Å²) >= 11 is 6.06. The summed E-state index contributed by atoms with van der Waals surface area (Å²) in [4.78, 5) is 10.7. The minimum atomic E-state index is 0.664. The summed E-state index contributed by atoms with van der Waals surface area (Å²) in [5, 5.41) is 0.664. The number of hydrogen-bond acceptors (Lipinski definition) is 3. The van der Waals surface area contributed by atoms with Crippen molar-refractivity contribution in [2.24, 2.45) is 0 Å². The van der Waals surface area contributed by atoms with Crippen LogP contribution in [0.1, 0.15) is 25.1 Å². The van der Waals surface area contributed by atoms with Gasteiger partial charge >= 0.3 is 0 Å². The zero-order chi connectivity index (χ0) is 9.97. The zero-order valence-corrected chi connectivity index (χ0v) is 9.09. The SMILES string of the molecule is Cc1ncc(Cl)c(N2CCCCC2)n1. The lowest BCUT2D eigenvalue weighted by molar-refractivity contribution is 0.572. The summed E-state index contributed by atoms with van der Waals surface area (Å²) in [5.41, 5.74) is 0. The fourth-order valence-electron chi connectivity index (χ4n) is 1.77. The van der Waals surface area contributed by atoms with Crippen LogP contribution in [0.5, 0.6) is 0 Å². The maximum absolute atomic E-state index is 6.06. The van der Waals surface area contributed by atoms with Gasteiger partial charge in [0, 0.05) is 13.1 Å². The Labute approximate surface area is 89.1 Å². The Kier molecular flexibility index (Phi) is 2.87. The van der Waals surface area contributed by atoms with Crippen molar-refractivity contribution < 1.29 is 0 Å². The normalized spacial score (nSPS) is 17.1. The van der Waals surface area contributed by atoms with Gasteiger partial charge in [0.15, 0.2) is 5.82 Å². The molecule has 1 aliphatic rings. The summed E-state index contributed by atoms with van der Waals surface area (Å²) < 4.78 is 0. The molecule has 0 radical (unpaired) electrons. The molecule has 1 fully saturated rings. The standard InChI is InChI=1S/C10H14ClN3/c1-8-12-7-9(11)10(13-8)14-5-3-2-4-6-14/h7H,2-6H2,1H3. The Morgan fingerprint density at radius 1 is 1.29 bits per heavy atom. The molecule has 2 heterocycles. The van der Waals surface area contributed by atoms with Crippen LogP contribution in [0.15, 0.2) is 6.20 Å². The second-order valence-corrected chi connectivity index (χ2v) is 4.04. The van der Waals surface area contributed by atoms with E-state index >= 15 is 0 Å². The zero-order valence-electron chi connectivity index (χ0n) is 8.33. The Morgan fingerprint density at radius 3 is 2.71 bits per heavy atom. The predicted molar refractivity (Wildman–Crippen MR) is 57.8 cm³/mol. The third-order valence-corrected chi connectivity index (χ3v) is 2.77. The van der Waals surface area contributed by atoms with E-state index in [1.165, 1.54) is 19.3 Å². The first-order valence-electron chi connectivity index (χ1n) is 5.01. The molecule has 1 aromatic rings. The van der Waals surface area contributed by atoms with Crippen LogP contribution in [0.3, 0.4) is 0 Å². The van der Waals surface area contributed by atoms with Crippen LogP contribution < -0.4 is 4.90 Å². The van der Waals surface area contributed by atoms with Gasteiger partial charge in [-0.05, 0) is 26.2 Å². The minimum absolute atomic E-state index is 0.664. The molecule has 0 atom stereocenters. The summed E-state index contributed by atoms with van der Waals surface area (Å²) in [5.74, 6) is 1.69. The Hall–Kier alpha value is -0.830. The topological polar surface area (TPSA) is 29.0 Å². The van der Waals surface area contributed by atoms with Crippen molar-refractivity contribution in [2.45, 2.75) is 26.2 Å². The van der Waals surface area contributed by atoms with Crippen molar-refractivity contribution >= 4 is 17.4 Å². The molecule has 0 amide bonds. The number of rotatable bonds is 1. The monoisotopic (exact) mass is 211 g/mol. The van der Waals surface area contributed by atoms with E-state index in [0.29, 0.717) is 5.02 Å². The first-order valence-corrected chi connectivity index (χ1v) is 5.39. The molecule has 1 aliphatic heterocycles. The van der Waals surface area contributed by atoms with E-state index in [0.717, 1.165) is 24.7 Å². The number of nitrogens with zero attached hydrogens (tertiary/aromatic N) is 3. The van der Waals surface area contributed by atoms with Gasteiger partial charge in [-0.3, -0.25) is 0 Å². The molecule has 0 aliphatic carbocycles. The smallest absolute Gasteiger partial charge is 0.151 e. The average molecular weight is 212 g/mol. The highest BCUT2D eigenvalue weighted by molar-refractivity contribution is 6.32. The van der Waals surface area contributed by atoms with E-state index in [1.54, 1.807) is 6.20 Å². The van der Waals surface area contributed by atoms with Gasteiger partial charge in [0.1, 0.15) is 10.8 Å². The number of aromatic nitrogens is 2. The van der Waals surface area contributed by atoms with Crippen LogP contribution in [0.2, 0.25) is 5.02 Å². The average Bonchev–Trinajstić information content (AvgIpc) is 2.23. The molecule has 2 rings (SSSR count). The molecule has 3 nitrogen and oxygen atoms in total. The highest BCUT2D eigenvalue weighted by atomic mass is 35.5. The molecule has 76 valence electrons. The van der Waals surface area contributed by atoms with Gasteiger partial charge in [-0.1, -0.05) is 11.6 Å². The molecule has 14 heavy (non-hydrogen) atoms. The van der Waals surface area contributed by atoms with Crippen molar-refractivity contribution in [1.82, 2.24) is 9.97 Å². The van der Waals surface area contributed by atoms with Crippen molar-refractivity contribution in [2.75, 3.05) is 18.0 Å². The molecule has 0 aromatic carbocycles. The molecule has 0 N–H and O–H groups in total. The third-order valence-electron chi connectivity index (χ3n) is 2.50. The molecule has 1 saturated heterocycles. The van der Waals surface area contributed by atoms with Gasteiger partial charge in [0.05, 0.1) is 6.20 Å². The lowest BCUT2D eigenvalue weighted by atomic mass is 10.1. The highest BCUT2D eigenvalue weighted by Gasteiger charge is 2.15. The van der Waals surface area contributed by atoms with E-state index in [4.69, 9.17) is 11.6 Å². The van der Waals surface area contributed by atoms with Crippen LogP contribution in [0.4, 0.5) is 5.82 Å². The van der Waals surface area contributed by atoms with E-state index < -0.39 is 0 Å². The number of halogens is 1. The summed E-state index contributed by atoms with van der Waals surface area (Å²) in [6, 6.07) is 0. The second-order valence-electron chi connectivity index (χ2n) is 3.64. The maximum atomic E-state index is 6.06. The Balaban J connectivity index is 2.24. The van der Waals surface area contributed by atoms with Crippen LogP contribution in [0.25, 0.3) is 0 Å². The van der Waals surface area contributed by atoms with Gasteiger partial charge in [-0.25, -0.2) is 9.97 Å². The molecule has 0 bridgehead atoms. The molecule has 0 saturated carbocycles. The second kappa shape index (κ2) is 4.13. The van der Waals surface area contributed by atoms with Gasteiger partial charge in [0.2, 0.25) is 0 Å². The van der Waals surface area contributed by atoms with Crippen molar-refractivity contribution in [3.8, 4) is 0 Å². The quantitative estimate of drug-likeness (QED) is 0.715. The Bertz CT molecular complexity index is 321. The number of aryl methyl sites for hydroxylation is 1. The lowest BCUT2D eigenvalue weighted by Gasteiger charge is -2.28. The minimum Gasteiger partial charge on any atom is -0.355 e. The summed E-state index contributed by atoms with van der Waals surface area (Å²) in [7, 11) is 0. The van der Waals surface area contributed by atoms with Crippen molar-refractivity contribution in [1.29, 1.82) is 0 Å². The van der Waals surface area contributed by atoms with Crippen LogP contribution in [-0.4, -0.2) is 23.1 Å². The number of anilines is 1. The Morgan fingerprint density at radius 2 is 2.00 bits per heavy atom. The first kappa shape index (κ1) is 9.71. The van der Waals surface area contributed by atoms with Crippen LogP contribution in [-0.2, 0) is 0 Å². The fourth-order valence-corrected chi connectivity index (χ4v) is 1.98. The highest BCUT2D eigenvalue weighted by Crippen LogP contribution is 2.25. The maximum Gasteiger partial charge on any atom is 0.151 e. The summed E-state index contributed by atoms with van der Waals surface area (Å²) in [6.45, 7) is 4.02. The van der Waals surface area contributed by atoms with Gasteiger partial charge in [0.25, 0.3) is 0 Å². The molecule has 0 spiro atoms. The van der Waals surface area contributed by atoms with E-state index in [2.05, 4.69) is 14.9 Å². The van der Waals surface area contributed by atoms with Gasteiger partial charge in [-0.2, -0.15) is 0 Å². The number of hydrogen-bond donors (Lipinski definition) is 0. The molecule has 1 aromatic heterocycles. The summed E-state index contributed by atoms with van der Waals surface area (Å²) in [6.07, 6.45) is 5.48. The van der Waals surface area contributed by atoms with E-state index in [1.807, 2.05) is 6.92 Å². The molecule has 0 unspecified atom stereocenters. The van der Waals surface area contributed by atoms with Gasteiger partial charge in [-0.15, -0.1) is 0 Å². The largest absolute Gasteiger partial charge is 0.355 e. The lowest BCUT2D eigenvalue weighted by Crippen LogP contribution is -2.30.